The lowest BCUT2D eigenvalue weighted by Gasteiger charge is -2.17. The van der Waals surface area contributed by atoms with E-state index in [4.69, 9.17) is 0 Å². The van der Waals surface area contributed by atoms with Crippen LogP contribution >= 0.6 is 23.1 Å². The van der Waals surface area contributed by atoms with Gasteiger partial charge in [-0.05, 0) is 43.1 Å². The van der Waals surface area contributed by atoms with Crippen molar-refractivity contribution in [1.29, 1.82) is 0 Å². The van der Waals surface area contributed by atoms with Crippen LogP contribution in [-0.2, 0) is 23.4 Å². The Balaban J connectivity index is 1.61. The zero-order valence-electron chi connectivity index (χ0n) is 15.7. The van der Waals surface area contributed by atoms with Crippen molar-refractivity contribution in [2.24, 2.45) is 11.8 Å². The molecule has 1 atom stereocenters. The summed E-state index contributed by atoms with van der Waals surface area (Å²) in [5.41, 5.74) is 1.18. The molecule has 1 amide bonds. The van der Waals surface area contributed by atoms with Gasteiger partial charge in [-0.25, -0.2) is 4.98 Å². The van der Waals surface area contributed by atoms with E-state index in [1.807, 2.05) is 0 Å². The summed E-state index contributed by atoms with van der Waals surface area (Å²) in [6, 6.07) is 0. The van der Waals surface area contributed by atoms with Gasteiger partial charge in [0, 0.05) is 11.4 Å². The van der Waals surface area contributed by atoms with Crippen molar-refractivity contribution in [2.75, 3.05) is 12.3 Å². The number of aromatic amines is 1. The van der Waals surface area contributed by atoms with Crippen LogP contribution in [0.1, 0.15) is 49.9 Å². The Morgan fingerprint density at radius 3 is 3.04 bits per heavy atom. The third-order valence-electron chi connectivity index (χ3n) is 4.73. The fourth-order valence-electron chi connectivity index (χ4n) is 3.25. The fraction of sp³-hybridized carbons (Fsp3) is 0.632. The summed E-state index contributed by atoms with van der Waals surface area (Å²) in [6.45, 7) is 7.26. The number of nitrogens with one attached hydrogen (secondary N) is 2. The van der Waals surface area contributed by atoms with Gasteiger partial charge >= 0.3 is 0 Å². The number of fused-ring (bicyclic) bond motifs is 3. The zero-order chi connectivity index (χ0) is 18.7. The van der Waals surface area contributed by atoms with Crippen LogP contribution < -0.4 is 10.9 Å². The summed E-state index contributed by atoms with van der Waals surface area (Å²) in [7, 11) is 0. The largest absolute Gasteiger partial charge is 0.355 e. The number of aromatic nitrogens is 2. The molecule has 5 nitrogen and oxygen atoms in total. The number of carbonyl (C=O) groups excluding carboxylic acids is 1. The third kappa shape index (κ3) is 4.68. The Morgan fingerprint density at radius 1 is 1.46 bits per heavy atom. The number of H-pyrrole nitrogens is 1. The molecule has 2 N–H and O–H groups in total. The first kappa shape index (κ1) is 19.4. The van der Waals surface area contributed by atoms with Crippen molar-refractivity contribution >= 4 is 39.2 Å². The summed E-state index contributed by atoms with van der Waals surface area (Å²) in [5, 5.41) is 3.72. The Morgan fingerprint density at radius 2 is 2.27 bits per heavy atom. The zero-order valence-corrected chi connectivity index (χ0v) is 17.3. The van der Waals surface area contributed by atoms with Crippen LogP contribution in [0.2, 0.25) is 0 Å². The van der Waals surface area contributed by atoms with Crippen molar-refractivity contribution in [3.8, 4) is 0 Å². The number of carbonyl (C=O) groups is 1. The molecule has 0 unspecified atom stereocenters. The van der Waals surface area contributed by atoms with Gasteiger partial charge in [-0.1, -0.05) is 20.8 Å². The summed E-state index contributed by atoms with van der Waals surface area (Å²) >= 11 is 3.15. The Hall–Kier alpha value is -1.34. The summed E-state index contributed by atoms with van der Waals surface area (Å²) < 4.78 is 0. The first-order chi connectivity index (χ1) is 12.4. The number of thiophene rings is 1. The Kier molecular flexibility index (Phi) is 6.40. The van der Waals surface area contributed by atoms with E-state index in [0.29, 0.717) is 29.2 Å². The van der Waals surface area contributed by atoms with Crippen LogP contribution in [0.5, 0.6) is 0 Å². The van der Waals surface area contributed by atoms with Crippen LogP contribution in [0.15, 0.2) is 4.79 Å². The van der Waals surface area contributed by atoms with E-state index in [1.165, 1.54) is 22.2 Å². The number of thioether (sulfide) groups is 1. The minimum absolute atomic E-state index is 0.0287. The van der Waals surface area contributed by atoms with Crippen LogP contribution in [-0.4, -0.2) is 28.2 Å². The molecule has 0 radical (unpaired) electrons. The van der Waals surface area contributed by atoms with Gasteiger partial charge in [0.2, 0.25) is 5.91 Å². The van der Waals surface area contributed by atoms with Crippen molar-refractivity contribution in [2.45, 2.75) is 52.2 Å². The molecule has 0 bridgehead atoms. The summed E-state index contributed by atoms with van der Waals surface area (Å²) in [5.74, 6) is 2.90. The first-order valence-electron chi connectivity index (χ1n) is 9.32. The molecule has 142 valence electrons. The molecule has 0 fully saturated rings. The lowest BCUT2D eigenvalue weighted by molar-refractivity contribution is -0.118. The molecular weight excluding hydrogens is 366 g/mol. The lowest BCUT2D eigenvalue weighted by Crippen LogP contribution is -2.27. The average Bonchev–Trinajstić information content (AvgIpc) is 2.92. The topological polar surface area (TPSA) is 74.8 Å². The molecule has 0 saturated heterocycles. The molecule has 0 aliphatic heterocycles. The van der Waals surface area contributed by atoms with Crippen LogP contribution in [0.3, 0.4) is 0 Å². The molecule has 0 saturated carbocycles. The highest BCUT2D eigenvalue weighted by molar-refractivity contribution is 7.99. The molecule has 2 aromatic rings. The van der Waals surface area contributed by atoms with Crippen LogP contribution in [0.4, 0.5) is 0 Å². The highest BCUT2D eigenvalue weighted by atomic mass is 32.2. The van der Waals surface area contributed by atoms with E-state index in [9.17, 15) is 9.59 Å². The van der Waals surface area contributed by atoms with Gasteiger partial charge in [0.05, 0.1) is 16.9 Å². The second-order valence-corrected chi connectivity index (χ2v) is 9.64. The van der Waals surface area contributed by atoms with Crippen LogP contribution in [0, 0.1) is 11.8 Å². The number of hydrogen-bond acceptors (Lipinski definition) is 5. The van der Waals surface area contributed by atoms with E-state index >= 15 is 0 Å². The van der Waals surface area contributed by atoms with Gasteiger partial charge in [-0.15, -0.1) is 23.1 Å². The molecule has 1 aliphatic carbocycles. The molecule has 2 heterocycles. The maximum absolute atomic E-state index is 12.5. The monoisotopic (exact) mass is 393 g/mol. The highest BCUT2D eigenvalue weighted by Crippen LogP contribution is 2.35. The predicted octanol–water partition coefficient (Wildman–Crippen LogP) is 3.50. The molecule has 3 rings (SSSR count). The van der Waals surface area contributed by atoms with Crippen LogP contribution in [0.25, 0.3) is 10.2 Å². The molecular formula is C19H27N3O2S2. The quantitative estimate of drug-likeness (QED) is 0.755. The summed E-state index contributed by atoms with van der Waals surface area (Å²) in [4.78, 5) is 34.1. The van der Waals surface area contributed by atoms with E-state index in [1.54, 1.807) is 11.3 Å². The van der Waals surface area contributed by atoms with Gasteiger partial charge in [0.15, 0.2) is 0 Å². The fourth-order valence-corrected chi connectivity index (χ4v) is 5.38. The molecule has 0 spiro atoms. The van der Waals surface area contributed by atoms with E-state index in [-0.39, 0.29) is 11.5 Å². The van der Waals surface area contributed by atoms with E-state index in [2.05, 4.69) is 36.1 Å². The van der Waals surface area contributed by atoms with Crippen molar-refractivity contribution in [3.63, 3.8) is 0 Å². The highest BCUT2D eigenvalue weighted by Gasteiger charge is 2.23. The van der Waals surface area contributed by atoms with Gasteiger partial charge in [-0.3, -0.25) is 9.59 Å². The Labute approximate surface area is 162 Å². The van der Waals surface area contributed by atoms with Crippen molar-refractivity contribution in [1.82, 2.24) is 15.3 Å². The normalized spacial score (nSPS) is 16.8. The standard InChI is InChI=1S/C19H27N3O2S2/c1-11(2)6-7-20-16(23)10-25-9-15-21-18(24)17-13-5-4-12(3)8-14(13)26-19(17)22-15/h11-12H,4-10H2,1-3H3,(H,20,23)(H,21,22,24)/t12-/m0/s1. The second kappa shape index (κ2) is 8.57. The van der Waals surface area contributed by atoms with Crippen molar-refractivity contribution in [3.05, 3.63) is 26.6 Å². The number of nitrogens with zero attached hydrogens (tertiary/aromatic N) is 1. The average molecular weight is 394 g/mol. The van der Waals surface area contributed by atoms with Gasteiger partial charge in [0.25, 0.3) is 5.56 Å². The first-order valence-corrected chi connectivity index (χ1v) is 11.3. The van der Waals surface area contributed by atoms with Gasteiger partial charge in [-0.2, -0.15) is 0 Å². The smallest absolute Gasteiger partial charge is 0.259 e. The van der Waals surface area contributed by atoms with Gasteiger partial charge < -0.3 is 10.3 Å². The lowest BCUT2D eigenvalue weighted by atomic mass is 9.89. The third-order valence-corrected chi connectivity index (χ3v) is 6.82. The molecule has 1 aliphatic rings. The maximum atomic E-state index is 12.5. The van der Waals surface area contributed by atoms with E-state index in [0.717, 1.165) is 42.4 Å². The minimum Gasteiger partial charge on any atom is -0.355 e. The second-order valence-electron chi connectivity index (χ2n) is 7.57. The Bertz CT molecular complexity index is 841. The summed E-state index contributed by atoms with van der Waals surface area (Å²) in [6.07, 6.45) is 4.16. The van der Waals surface area contributed by atoms with Gasteiger partial charge in [0.1, 0.15) is 10.7 Å². The maximum Gasteiger partial charge on any atom is 0.259 e. The number of aryl methyl sites for hydroxylation is 1. The van der Waals surface area contributed by atoms with E-state index < -0.39 is 0 Å². The molecule has 2 aromatic heterocycles. The number of amides is 1. The number of rotatable bonds is 7. The van der Waals surface area contributed by atoms with Crippen molar-refractivity contribution < 1.29 is 4.79 Å². The molecule has 0 aromatic carbocycles. The number of hydrogen-bond donors (Lipinski definition) is 2. The minimum atomic E-state index is -0.0287. The SMILES string of the molecule is CC(C)CCNC(=O)CSCc1nc2sc3c(c2c(=O)[nH]1)CC[C@H](C)C3. The predicted molar refractivity (Wildman–Crippen MR) is 110 cm³/mol. The molecule has 7 heteroatoms. The molecule has 26 heavy (non-hydrogen) atoms.